The molecule has 2 aliphatic heterocycles. The van der Waals surface area contributed by atoms with Gasteiger partial charge in [-0.25, -0.2) is 9.78 Å². The summed E-state index contributed by atoms with van der Waals surface area (Å²) in [5.41, 5.74) is 5.98. The smallest absolute Gasteiger partial charge is 0.378 e. The summed E-state index contributed by atoms with van der Waals surface area (Å²) >= 11 is 0. The van der Waals surface area contributed by atoms with Gasteiger partial charge in [-0.2, -0.15) is 13.2 Å². The number of carbonyl (C=O) groups excluding carboxylic acids is 1. The van der Waals surface area contributed by atoms with Gasteiger partial charge in [-0.15, -0.1) is 0 Å². The van der Waals surface area contributed by atoms with Crippen LogP contribution in [0.1, 0.15) is 49.8 Å². The molecule has 38 heavy (non-hydrogen) atoms. The van der Waals surface area contributed by atoms with Crippen LogP contribution in [0, 0.1) is 12.8 Å². The summed E-state index contributed by atoms with van der Waals surface area (Å²) < 4.78 is 43.9. The number of benzene rings is 1. The SMILES string of the molecule is Cc1ccc(NC(=O)N2CC[C@@H](CC(F)(F)F)C2)cc1-c1cc(C2=CCCCC2)nc(N2CCOCC2)c1. The zero-order valence-corrected chi connectivity index (χ0v) is 21.8. The van der Waals surface area contributed by atoms with E-state index in [1.165, 1.54) is 16.9 Å². The summed E-state index contributed by atoms with van der Waals surface area (Å²) in [6.07, 6.45) is 2.04. The van der Waals surface area contributed by atoms with Gasteiger partial charge in [0.2, 0.25) is 0 Å². The third kappa shape index (κ3) is 6.49. The molecule has 2 amide bonds. The monoisotopic (exact) mass is 528 g/mol. The highest BCUT2D eigenvalue weighted by molar-refractivity contribution is 5.91. The lowest BCUT2D eigenvalue weighted by atomic mass is 9.94. The lowest BCUT2D eigenvalue weighted by Gasteiger charge is -2.29. The number of hydrogen-bond donors (Lipinski definition) is 1. The largest absolute Gasteiger partial charge is 0.389 e. The number of alkyl halides is 3. The van der Waals surface area contributed by atoms with Gasteiger partial charge in [0, 0.05) is 38.3 Å². The molecule has 3 heterocycles. The molecule has 2 fully saturated rings. The van der Waals surface area contributed by atoms with Gasteiger partial charge in [-0.05, 0) is 91.5 Å². The fourth-order valence-electron chi connectivity index (χ4n) is 5.59. The number of pyridine rings is 1. The molecule has 0 bridgehead atoms. The van der Waals surface area contributed by atoms with Crippen LogP contribution in [-0.4, -0.2) is 61.5 Å². The maximum atomic E-state index is 12.9. The Morgan fingerprint density at radius 1 is 1.13 bits per heavy atom. The van der Waals surface area contributed by atoms with Crippen molar-refractivity contribution >= 4 is 23.1 Å². The molecule has 1 aromatic heterocycles. The van der Waals surface area contributed by atoms with E-state index in [2.05, 4.69) is 28.4 Å². The van der Waals surface area contributed by atoms with Crippen LogP contribution in [0.5, 0.6) is 0 Å². The maximum absolute atomic E-state index is 12.9. The van der Waals surface area contributed by atoms with Crippen molar-refractivity contribution in [1.82, 2.24) is 9.88 Å². The van der Waals surface area contributed by atoms with Crippen LogP contribution < -0.4 is 10.2 Å². The molecule has 1 aromatic carbocycles. The van der Waals surface area contributed by atoms with Crippen molar-refractivity contribution in [3.8, 4) is 11.1 Å². The number of hydrogen-bond acceptors (Lipinski definition) is 4. The molecule has 1 N–H and O–H groups in total. The molecule has 1 atom stereocenters. The molecule has 204 valence electrons. The van der Waals surface area contributed by atoms with Crippen molar-refractivity contribution < 1.29 is 22.7 Å². The van der Waals surface area contributed by atoms with E-state index >= 15 is 0 Å². The number of allylic oxidation sites excluding steroid dienone is 2. The van der Waals surface area contributed by atoms with E-state index < -0.39 is 18.5 Å². The minimum atomic E-state index is -4.21. The van der Waals surface area contributed by atoms with Crippen molar-refractivity contribution in [1.29, 1.82) is 0 Å². The minimum absolute atomic E-state index is 0.121. The van der Waals surface area contributed by atoms with Gasteiger partial charge in [0.15, 0.2) is 0 Å². The summed E-state index contributed by atoms with van der Waals surface area (Å²) in [6, 6.07) is 9.64. The maximum Gasteiger partial charge on any atom is 0.389 e. The fourth-order valence-corrected chi connectivity index (χ4v) is 5.59. The Hall–Kier alpha value is -3.07. The van der Waals surface area contributed by atoms with Crippen LogP contribution in [0.25, 0.3) is 16.7 Å². The van der Waals surface area contributed by atoms with E-state index in [0.717, 1.165) is 60.6 Å². The van der Waals surface area contributed by atoms with Gasteiger partial charge in [0.25, 0.3) is 0 Å². The number of aromatic nitrogens is 1. The highest BCUT2D eigenvalue weighted by Gasteiger charge is 2.36. The molecule has 0 radical (unpaired) electrons. The highest BCUT2D eigenvalue weighted by Crippen LogP contribution is 2.35. The van der Waals surface area contributed by atoms with Gasteiger partial charge in [-0.3, -0.25) is 0 Å². The number of urea groups is 1. The second-order valence-corrected chi connectivity index (χ2v) is 10.6. The van der Waals surface area contributed by atoms with Gasteiger partial charge >= 0.3 is 12.2 Å². The molecule has 5 rings (SSSR count). The number of morpholine rings is 1. The predicted octanol–water partition coefficient (Wildman–Crippen LogP) is 6.66. The van der Waals surface area contributed by atoms with Gasteiger partial charge in [-0.1, -0.05) is 12.1 Å². The predicted molar refractivity (Wildman–Crippen MR) is 143 cm³/mol. The lowest BCUT2D eigenvalue weighted by Crippen LogP contribution is -2.36. The van der Waals surface area contributed by atoms with Crippen molar-refractivity contribution in [3.05, 3.63) is 47.7 Å². The zero-order valence-electron chi connectivity index (χ0n) is 21.8. The van der Waals surface area contributed by atoms with E-state index in [1.807, 2.05) is 25.1 Å². The number of likely N-dealkylation sites (tertiary alicyclic amines) is 1. The average Bonchev–Trinajstić information content (AvgIpc) is 3.37. The number of nitrogens with zero attached hydrogens (tertiary/aromatic N) is 3. The van der Waals surface area contributed by atoms with E-state index in [9.17, 15) is 18.0 Å². The Kier molecular flexibility index (Phi) is 7.93. The summed E-state index contributed by atoms with van der Waals surface area (Å²) in [5.74, 6) is 0.381. The number of amides is 2. The number of carbonyl (C=O) groups is 1. The van der Waals surface area contributed by atoms with E-state index in [0.29, 0.717) is 31.9 Å². The second kappa shape index (κ2) is 11.4. The molecule has 0 saturated carbocycles. The molecule has 1 aliphatic carbocycles. The quantitative estimate of drug-likeness (QED) is 0.472. The topological polar surface area (TPSA) is 57.7 Å². The van der Waals surface area contributed by atoms with E-state index in [1.54, 1.807) is 0 Å². The van der Waals surface area contributed by atoms with Gasteiger partial charge in [0.05, 0.1) is 18.9 Å². The summed E-state index contributed by atoms with van der Waals surface area (Å²) in [5, 5.41) is 2.91. The lowest BCUT2D eigenvalue weighted by molar-refractivity contribution is -0.143. The summed E-state index contributed by atoms with van der Waals surface area (Å²) in [6.45, 7) is 5.41. The second-order valence-electron chi connectivity index (χ2n) is 10.6. The Labute approximate surface area is 221 Å². The molecular weight excluding hydrogens is 493 g/mol. The summed E-state index contributed by atoms with van der Waals surface area (Å²) in [7, 11) is 0. The Bertz CT molecular complexity index is 1190. The number of nitrogens with one attached hydrogen (secondary N) is 1. The van der Waals surface area contributed by atoms with Gasteiger partial charge < -0.3 is 19.9 Å². The fraction of sp³-hybridized carbons (Fsp3) is 0.517. The molecule has 9 heteroatoms. The van der Waals surface area contributed by atoms with Crippen molar-refractivity contribution in [3.63, 3.8) is 0 Å². The van der Waals surface area contributed by atoms with Crippen LogP contribution in [0.3, 0.4) is 0 Å². The number of rotatable bonds is 5. The van der Waals surface area contributed by atoms with Crippen LogP contribution in [-0.2, 0) is 4.74 Å². The van der Waals surface area contributed by atoms with E-state index in [-0.39, 0.29) is 12.6 Å². The minimum Gasteiger partial charge on any atom is -0.378 e. The van der Waals surface area contributed by atoms with Crippen LogP contribution in [0.4, 0.5) is 29.5 Å². The first-order valence-electron chi connectivity index (χ1n) is 13.5. The molecule has 0 spiro atoms. The third-order valence-electron chi connectivity index (χ3n) is 7.66. The zero-order chi connectivity index (χ0) is 26.7. The molecule has 3 aliphatic rings. The number of aryl methyl sites for hydroxylation is 1. The average molecular weight is 529 g/mol. The first kappa shape index (κ1) is 26.5. The normalized spacial score (nSPS) is 20.4. The van der Waals surface area contributed by atoms with Crippen molar-refractivity contribution in [2.75, 3.05) is 49.6 Å². The molecule has 2 saturated heterocycles. The molecular formula is C29H35F3N4O2. The van der Waals surface area contributed by atoms with Crippen LogP contribution >= 0.6 is 0 Å². The number of ether oxygens (including phenoxy) is 1. The molecule has 6 nitrogen and oxygen atoms in total. The van der Waals surface area contributed by atoms with Gasteiger partial charge in [0.1, 0.15) is 5.82 Å². The number of halogens is 3. The number of anilines is 2. The van der Waals surface area contributed by atoms with Crippen molar-refractivity contribution in [2.45, 2.75) is 51.6 Å². The van der Waals surface area contributed by atoms with Crippen LogP contribution in [0.2, 0.25) is 0 Å². The Balaban J connectivity index is 1.39. The Morgan fingerprint density at radius 3 is 2.68 bits per heavy atom. The van der Waals surface area contributed by atoms with Crippen molar-refractivity contribution in [2.24, 2.45) is 5.92 Å². The van der Waals surface area contributed by atoms with Crippen LogP contribution in [0.15, 0.2) is 36.4 Å². The van der Waals surface area contributed by atoms with E-state index in [4.69, 9.17) is 9.72 Å². The Morgan fingerprint density at radius 2 is 1.95 bits per heavy atom. The molecule has 2 aromatic rings. The standard InChI is InChI=1S/C29H35F3N4O2/c1-20-7-8-24(33-28(37)36-10-9-21(19-36)18-29(30,31)32)17-25(20)23-15-26(22-5-3-2-4-6-22)34-27(16-23)35-11-13-38-14-12-35/h5,7-8,15-17,21H,2-4,6,9-14,18-19H2,1H3,(H,33,37)/t21-/m0/s1. The highest BCUT2D eigenvalue weighted by atomic mass is 19.4. The summed E-state index contributed by atoms with van der Waals surface area (Å²) in [4.78, 5) is 21.6. The third-order valence-corrected chi connectivity index (χ3v) is 7.66. The first-order chi connectivity index (χ1) is 18.2. The molecule has 0 unspecified atom stereocenters. The first-order valence-corrected chi connectivity index (χ1v) is 13.5.